The molecule has 0 heterocycles. The molecule has 214 valence electrons. The van der Waals surface area contributed by atoms with E-state index in [4.69, 9.17) is 14.2 Å². The number of carbonyl (C=O) groups excluding carboxylic acids is 2. The van der Waals surface area contributed by atoms with E-state index in [1.165, 1.54) is 0 Å². The first-order valence-electron chi connectivity index (χ1n) is 14.2. The number of unbranched alkanes of at least 4 members (excludes halogenated alkanes) is 1. The van der Waals surface area contributed by atoms with E-state index < -0.39 is 5.97 Å². The predicted octanol–water partition coefficient (Wildman–Crippen LogP) is 6.51. The molecule has 0 unspecified atom stereocenters. The predicted molar refractivity (Wildman–Crippen MR) is 159 cm³/mol. The SMILES string of the molecule is CCCCOc1cc(C(=O)OCCN(CC)CC)ccc1NC(=O)CCc1ccc(OCc2ccccc2)cc1. The number of esters is 1. The minimum atomic E-state index is -0.401. The highest BCUT2D eigenvalue weighted by atomic mass is 16.5. The molecular weight excluding hydrogens is 504 g/mol. The Balaban J connectivity index is 1.53. The summed E-state index contributed by atoms with van der Waals surface area (Å²) in [5.74, 6) is 0.735. The first kappa shape index (κ1) is 30.7. The molecule has 0 aromatic heterocycles. The fourth-order valence-corrected chi connectivity index (χ4v) is 4.05. The molecule has 3 aromatic carbocycles. The number of aryl methyl sites for hydroxylation is 1. The molecule has 7 nitrogen and oxygen atoms in total. The summed E-state index contributed by atoms with van der Waals surface area (Å²) in [5.41, 5.74) is 3.11. The van der Waals surface area contributed by atoms with Gasteiger partial charge in [0.05, 0.1) is 17.9 Å². The minimum absolute atomic E-state index is 0.126. The Bertz CT molecular complexity index is 1180. The highest BCUT2D eigenvalue weighted by molar-refractivity contribution is 5.95. The number of anilines is 1. The average Bonchev–Trinajstić information content (AvgIpc) is 2.99. The number of carbonyl (C=O) groups is 2. The number of rotatable bonds is 17. The third-order valence-electron chi connectivity index (χ3n) is 6.59. The monoisotopic (exact) mass is 546 g/mol. The number of nitrogens with one attached hydrogen (secondary N) is 1. The summed E-state index contributed by atoms with van der Waals surface area (Å²) >= 11 is 0. The number of benzene rings is 3. The van der Waals surface area contributed by atoms with E-state index in [9.17, 15) is 9.59 Å². The summed E-state index contributed by atoms with van der Waals surface area (Å²) in [6.45, 7) is 10.1. The molecule has 0 aliphatic carbocycles. The fourth-order valence-electron chi connectivity index (χ4n) is 4.05. The second-order valence-electron chi connectivity index (χ2n) is 9.54. The maximum Gasteiger partial charge on any atom is 0.338 e. The Hall–Kier alpha value is -3.84. The van der Waals surface area contributed by atoms with Crippen LogP contribution in [-0.4, -0.2) is 49.6 Å². The normalized spacial score (nSPS) is 10.8. The Morgan fingerprint density at radius 1 is 0.825 bits per heavy atom. The summed E-state index contributed by atoms with van der Waals surface area (Å²) in [5, 5.41) is 2.95. The maximum atomic E-state index is 12.8. The number of hydrogen-bond donors (Lipinski definition) is 1. The smallest absolute Gasteiger partial charge is 0.338 e. The van der Waals surface area contributed by atoms with Crippen molar-refractivity contribution in [1.82, 2.24) is 4.90 Å². The van der Waals surface area contributed by atoms with Crippen molar-refractivity contribution in [1.29, 1.82) is 0 Å². The molecule has 3 aromatic rings. The number of hydrogen-bond acceptors (Lipinski definition) is 6. The van der Waals surface area contributed by atoms with Gasteiger partial charge >= 0.3 is 5.97 Å². The zero-order valence-electron chi connectivity index (χ0n) is 24.0. The van der Waals surface area contributed by atoms with Crippen LogP contribution in [0, 0.1) is 0 Å². The van der Waals surface area contributed by atoms with Crippen molar-refractivity contribution in [2.24, 2.45) is 0 Å². The van der Waals surface area contributed by atoms with E-state index in [-0.39, 0.29) is 5.91 Å². The van der Waals surface area contributed by atoms with Gasteiger partial charge in [0.25, 0.3) is 0 Å². The van der Waals surface area contributed by atoms with Crippen molar-refractivity contribution in [3.05, 3.63) is 89.5 Å². The number of ether oxygens (including phenoxy) is 3. The lowest BCUT2D eigenvalue weighted by Crippen LogP contribution is -2.27. The van der Waals surface area contributed by atoms with Gasteiger partial charge in [-0.1, -0.05) is 69.7 Å². The van der Waals surface area contributed by atoms with Gasteiger partial charge in [-0.15, -0.1) is 0 Å². The second kappa shape index (κ2) is 17.0. The van der Waals surface area contributed by atoms with E-state index in [1.807, 2.05) is 54.6 Å². The van der Waals surface area contributed by atoms with Crippen LogP contribution >= 0.6 is 0 Å². The van der Waals surface area contributed by atoms with Crippen LogP contribution in [0.2, 0.25) is 0 Å². The minimum Gasteiger partial charge on any atom is -0.491 e. The lowest BCUT2D eigenvalue weighted by molar-refractivity contribution is -0.116. The van der Waals surface area contributed by atoms with Gasteiger partial charge in [0.15, 0.2) is 0 Å². The van der Waals surface area contributed by atoms with Gasteiger partial charge in [-0.2, -0.15) is 0 Å². The Morgan fingerprint density at radius 3 is 2.27 bits per heavy atom. The summed E-state index contributed by atoms with van der Waals surface area (Å²) in [6.07, 6.45) is 2.75. The van der Waals surface area contributed by atoms with E-state index in [0.29, 0.717) is 56.2 Å². The van der Waals surface area contributed by atoms with Gasteiger partial charge in [0, 0.05) is 13.0 Å². The van der Waals surface area contributed by atoms with Crippen molar-refractivity contribution in [2.45, 2.75) is 53.1 Å². The Labute approximate surface area is 238 Å². The van der Waals surface area contributed by atoms with Gasteiger partial charge in [-0.25, -0.2) is 4.79 Å². The van der Waals surface area contributed by atoms with Crippen LogP contribution in [0.25, 0.3) is 0 Å². The standard InChI is InChI=1S/C33H42N2O5/c1-4-7-22-38-31-24-28(33(37)39-23-21-35(5-2)6-3)16-19-30(31)34-32(36)20-15-26-13-17-29(18-14-26)40-25-27-11-9-8-10-12-27/h8-14,16-19,24H,4-7,15,20-23,25H2,1-3H3,(H,34,36). The zero-order chi connectivity index (χ0) is 28.6. The lowest BCUT2D eigenvalue weighted by atomic mass is 10.1. The molecule has 3 rings (SSSR count). The van der Waals surface area contributed by atoms with Gasteiger partial charge in [-0.3, -0.25) is 4.79 Å². The molecular formula is C33H42N2O5. The summed E-state index contributed by atoms with van der Waals surface area (Å²) in [7, 11) is 0. The highest BCUT2D eigenvalue weighted by Crippen LogP contribution is 2.27. The molecule has 0 saturated heterocycles. The van der Waals surface area contributed by atoms with Crippen LogP contribution in [0.3, 0.4) is 0 Å². The summed E-state index contributed by atoms with van der Waals surface area (Å²) in [6, 6.07) is 22.9. The molecule has 0 aliphatic rings. The van der Waals surface area contributed by atoms with Crippen molar-refractivity contribution < 1.29 is 23.8 Å². The van der Waals surface area contributed by atoms with Crippen LogP contribution in [0.15, 0.2) is 72.8 Å². The van der Waals surface area contributed by atoms with E-state index in [0.717, 1.165) is 42.8 Å². The van der Waals surface area contributed by atoms with Crippen molar-refractivity contribution >= 4 is 17.6 Å². The van der Waals surface area contributed by atoms with Gasteiger partial charge in [-0.05, 0) is 67.4 Å². The molecule has 0 atom stereocenters. The van der Waals surface area contributed by atoms with Gasteiger partial charge in [0.1, 0.15) is 24.7 Å². The largest absolute Gasteiger partial charge is 0.491 e. The summed E-state index contributed by atoms with van der Waals surface area (Å²) < 4.78 is 17.2. The Morgan fingerprint density at radius 2 is 1.57 bits per heavy atom. The average molecular weight is 547 g/mol. The highest BCUT2D eigenvalue weighted by Gasteiger charge is 2.15. The van der Waals surface area contributed by atoms with Crippen LogP contribution < -0.4 is 14.8 Å². The molecule has 0 saturated carbocycles. The van der Waals surface area contributed by atoms with Crippen LogP contribution in [0.1, 0.15) is 61.5 Å². The lowest BCUT2D eigenvalue weighted by Gasteiger charge is -2.18. The van der Waals surface area contributed by atoms with Gasteiger partial charge < -0.3 is 24.4 Å². The van der Waals surface area contributed by atoms with Crippen molar-refractivity contribution in [3.63, 3.8) is 0 Å². The van der Waals surface area contributed by atoms with Crippen LogP contribution in [0.5, 0.6) is 11.5 Å². The summed E-state index contributed by atoms with van der Waals surface area (Å²) in [4.78, 5) is 27.6. The van der Waals surface area contributed by atoms with Gasteiger partial charge in [0.2, 0.25) is 5.91 Å². The number of likely N-dealkylation sites (N-methyl/N-ethyl adjacent to an activating group) is 1. The van der Waals surface area contributed by atoms with Crippen molar-refractivity contribution in [3.8, 4) is 11.5 Å². The molecule has 40 heavy (non-hydrogen) atoms. The molecule has 0 aliphatic heterocycles. The molecule has 0 fully saturated rings. The van der Waals surface area contributed by atoms with Crippen LogP contribution in [-0.2, 0) is 22.6 Å². The van der Waals surface area contributed by atoms with E-state index in [2.05, 4.69) is 31.0 Å². The van der Waals surface area contributed by atoms with E-state index >= 15 is 0 Å². The first-order valence-corrected chi connectivity index (χ1v) is 14.2. The topological polar surface area (TPSA) is 77.1 Å². The molecule has 0 radical (unpaired) electrons. The zero-order valence-corrected chi connectivity index (χ0v) is 24.0. The van der Waals surface area contributed by atoms with Crippen molar-refractivity contribution in [2.75, 3.05) is 38.2 Å². The Kier molecular flexibility index (Phi) is 13.0. The van der Waals surface area contributed by atoms with Crippen LogP contribution in [0.4, 0.5) is 5.69 Å². The maximum absolute atomic E-state index is 12.8. The van der Waals surface area contributed by atoms with E-state index in [1.54, 1.807) is 18.2 Å². The molecule has 7 heteroatoms. The third-order valence-corrected chi connectivity index (χ3v) is 6.59. The molecule has 0 spiro atoms. The fraction of sp³-hybridized carbons (Fsp3) is 0.394. The number of amides is 1. The quantitative estimate of drug-likeness (QED) is 0.154. The second-order valence-corrected chi connectivity index (χ2v) is 9.54. The third kappa shape index (κ3) is 10.4. The molecule has 1 N–H and O–H groups in total. The molecule has 0 bridgehead atoms. The number of nitrogens with zero attached hydrogens (tertiary/aromatic N) is 1. The molecule has 1 amide bonds. The first-order chi connectivity index (χ1) is 19.5.